The second-order valence-corrected chi connectivity index (χ2v) is 4.21. The fourth-order valence-corrected chi connectivity index (χ4v) is 1.85. The summed E-state index contributed by atoms with van der Waals surface area (Å²) >= 11 is 0. The molecule has 0 aromatic carbocycles. The molecule has 0 saturated carbocycles. The summed E-state index contributed by atoms with van der Waals surface area (Å²) in [7, 11) is 0. The Hall–Kier alpha value is -1.32. The van der Waals surface area contributed by atoms with E-state index in [2.05, 4.69) is 6.92 Å². The quantitative estimate of drug-likeness (QED) is 0.366. The smallest absolute Gasteiger partial charge is 0.334 e. The van der Waals surface area contributed by atoms with E-state index in [0.29, 0.717) is 37.2 Å². The van der Waals surface area contributed by atoms with E-state index in [1.807, 2.05) is 6.92 Å². The topological polar surface area (TPSA) is 52.6 Å². The molecule has 0 heterocycles. The molecule has 0 rings (SSSR count). The molecule has 0 radical (unpaired) electrons. The first-order valence-electron chi connectivity index (χ1n) is 7.18. The lowest BCUT2D eigenvalue weighted by atomic mass is 10.00. The van der Waals surface area contributed by atoms with Gasteiger partial charge in [0.05, 0.1) is 13.2 Å². The zero-order chi connectivity index (χ0) is 14.7. The Bertz CT molecular complexity index is 318. The summed E-state index contributed by atoms with van der Waals surface area (Å²) < 4.78 is 10.0. The van der Waals surface area contributed by atoms with Crippen molar-refractivity contribution in [2.24, 2.45) is 0 Å². The van der Waals surface area contributed by atoms with Crippen LogP contribution in [0.1, 0.15) is 59.8 Å². The van der Waals surface area contributed by atoms with Crippen molar-refractivity contribution in [2.75, 3.05) is 13.2 Å². The van der Waals surface area contributed by atoms with Crippen LogP contribution < -0.4 is 0 Å². The average molecular weight is 270 g/mol. The molecular weight excluding hydrogens is 244 g/mol. The molecule has 0 atom stereocenters. The van der Waals surface area contributed by atoms with Gasteiger partial charge in [-0.05, 0) is 33.1 Å². The van der Waals surface area contributed by atoms with Gasteiger partial charge in [0, 0.05) is 11.1 Å². The number of esters is 2. The van der Waals surface area contributed by atoms with Gasteiger partial charge in [0.15, 0.2) is 0 Å². The van der Waals surface area contributed by atoms with E-state index in [-0.39, 0.29) is 5.97 Å². The zero-order valence-corrected chi connectivity index (χ0v) is 12.6. The largest absolute Gasteiger partial charge is 0.463 e. The molecule has 0 aliphatic rings. The SMILES string of the molecule is CCCCC/C(C(=O)OCC)=C(\CC)C(=O)OCC. The molecule has 0 aliphatic carbocycles. The predicted octanol–water partition coefficient (Wildman–Crippen LogP) is 3.40. The van der Waals surface area contributed by atoms with Gasteiger partial charge in [0.2, 0.25) is 0 Å². The van der Waals surface area contributed by atoms with Crippen molar-refractivity contribution in [2.45, 2.75) is 59.8 Å². The van der Waals surface area contributed by atoms with E-state index in [9.17, 15) is 9.59 Å². The molecule has 0 unspecified atom stereocenters. The molecule has 0 fully saturated rings. The van der Waals surface area contributed by atoms with Gasteiger partial charge in [-0.25, -0.2) is 9.59 Å². The molecule has 0 amide bonds. The molecule has 0 saturated heterocycles. The molecular formula is C15H26O4. The van der Waals surface area contributed by atoms with Crippen LogP contribution in [0, 0.1) is 0 Å². The van der Waals surface area contributed by atoms with Gasteiger partial charge in [-0.3, -0.25) is 0 Å². The van der Waals surface area contributed by atoms with Crippen molar-refractivity contribution in [3.63, 3.8) is 0 Å². The molecule has 4 heteroatoms. The summed E-state index contributed by atoms with van der Waals surface area (Å²) in [4.78, 5) is 23.8. The van der Waals surface area contributed by atoms with Crippen molar-refractivity contribution in [3.8, 4) is 0 Å². The van der Waals surface area contributed by atoms with Crippen LogP contribution in [-0.2, 0) is 19.1 Å². The summed E-state index contributed by atoms with van der Waals surface area (Å²) in [5, 5.41) is 0. The van der Waals surface area contributed by atoms with Gasteiger partial charge < -0.3 is 9.47 Å². The maximum Gasteiger partial charge on any atom is 0.334 e. The highest BCUT2D eigenvalue weighted by Gasteiger charge is 2.21. The molecule has 0 spiro atoms. The van der Waals surface area contributed by atoms with Crippen molar-refractivity contribution in [1.82, 2.24) is 0 Å². The Morgan fingerprint density at radius 2 is 1.32 bits per heavy atom. The van der Waals surface area contributed by atoms with E-state index < -0.39 is 5.97 Å². The highest BCUT2D eigenvalue weighted by atomic mass is 16.5. The molecule has 0 aliphatic heterocycles. The summed E-state index contributed by atoms with van der Waals surface area (Å²) in [6.45, 7) is 8.10. The fourth-order valence-electron chi connectivity index (χ4n) is 1.85. The van der Waals surface area contributed by atoms with E-state index in [4.69, 9.17) is 9.47 Å². The van der Waals surface area contributed by atoms with Crippen molar-refractivity contribution < 1.29 is 19.1 Å². The lowest BCUT2D eigenvalue weighted by molar-refractivity contribution is -0.142. The molecule has 19 heavy (non-hydrogen) atoms. The fraction of sp³-hybridized carbons (Fsp3) is 0.733. The second-order valence-electron chi connectivity index (χ2n) is 4.21. The van der Waals surface area contributed by atoms with Gasteiger partial charge in [-0.1, -0.05) is 26.7 Å². The Balaban J connectivity index is 5.10. The number of carbonyl (C=O) groups is 2. The highest BCUT2D eigenvalue weighted by molar-refractivity contribution is 6.00. The maximum atomic E-state index is 12.0. The van der Waals surface area contributed by atoms with Crippen LogP contribution in [0.25, 0.3) is 0 Å². The lowest BCUT2D eigenvalue weighted by Crippen LogP contribution is -2.16. The molecule has 110 valence electrons. The Kier molecular flexibility index (Phi) is 9.85. The van der Waals surface area contributed by atoms with Crippen LogP contribution in [0.5, 0.6) is 0 Å². The van der Waals surface area contributed by atoms with E-state index in [1.165, 1.54) is 0 Å². The first kappa shape index (κ1) is 17.7. The molecule has 0 N–H and O–H groups in total. The molecule has 0 bridgehead atoms. The van der Waals surface area contributed by atoms with Crippen molar-refractivity contribution >= 4 is 11.9 Å². The molecule has 4 nitrogen and oxygen atoms in total. The summed E-state index contributed by atoms with van der Waals surface area (Å²) in [5.74, 6) is -0.784. The van der Waals surface area contributed by atoms with Crippen molar-refractivity contribution in [1.29, 1.82) is 0 Å². The number of hydrogen-bond acceptors (Lipinski definition) is 4. The third-order valence-corrected chi connectivity index (χ3v) is 2.79. The lowest BCUT2D eigenvalue weighted by Gasteiger charge is -2.12. The highest BCUT2D eigenvalue weighted by Crippen LogP contribution is 2.19. The second kappa shape index (κ2) is 10.6. The summed E-state index contributed by atoms with van der Waals surface area (Å²) in [5.41, 5.74) is 0.938. The van der Waals surface area contributed by atoms with Crippen LogP contribution in [0.15, 0.2) is 11.1 Å². The maximum absolute atomic E-state index is 12.0. The van der Waals surface area contributed by atoms with E-state index in [1.54, 1.807) is 13.8 Å². The average Bonchev–Trinajstić information content (AvgIpc) is 2.38. The van der Waals surface area contributed by atoms with E-state index >= 15 is 0 Å². The number of hydrogen-bond donors (Lipinski definition) is 0. The zero-order valence-electron chi connectivity index (χ0n) is 12.6. The minimum atomic E-state index is -0.399. The van der Waals surface area contributed by atoms with E-state index in [0.717, 1.165) is 19.3 Å². The Labute approximate surface area is 116 Å². The number of rotatable bonds is 9. The monoisotopic (exact) mass is 270 g/mol. The van der Waals surface area contributed by atoms with Gasteiger partial charge in [0.25, 0.3) is 0 Å². The third kappa shape index (κ3) is 6.41. The predicted molar refractivity (Wildman–Crippen MR) is 74.7 cm³/mol. The van der Waals surface area contributed by atoms with Crippen LogP contribution >= 0.6 is 0 Å². The third-order valence-electron chi connectivity index (χ3n) is 2.79. The first-order chi connectivity index (χ1) is 9.12. The first-order valence-corrected chi connectivity index (χ1v) is 7.18. The van der Waals surface area contributed by atoms with Gasteiger partial charge in [-0.2, -0.15) is 0 Å². The minimum absolute atomic E-state index is 0.313. The number of ether oxygens (including phenoxy) is 2. The Morgan fingerprint density at radius 1 is 0.789 bits per heavy atom. The van der Waals surface area contributed by atoms with Crippen LogP contribution in [-0.4, -0.2) is 25.2 Å². The Morgan fingerprint density at radius 3 is 1.74 bits per heavy atom. The van der Waals surface area contributed by atoms with Crippen LogP contribution in [0.2, 0.25) is 0 Å². The van der Waals surface area contributed by atoms with Crippen LogP contribution in [0.3, 0.4) is 0 Å². The molecule has 0 aromatic rings. The van der Waals surface area contributed by atoms with Crippen LogP contribution in [0.4, 0.5) is 0 Å². The normalized spacial score (nSPS) is 11.8. The van der Waals surface area contributed by atoms with Gasteiger partial charge >= 0.3 is 11.9 Å². The van der Waals surface area contributed by atoms with Gasteiger partial charge in [-0.15, -0.1) is 0 Å². The van der Waals surface area contributed by atoms with Crippen molar-refractivity contribution in [3.05, 3.63) is 11.1 Å². The summed E-state index contributed by atoms with van der Waals surface area (Å²) in [6, 6.07) is 0. The van der Waals surface area contributed by atoms with Gasteiger partial charge in [0.1, 0.15) is 0 Å². The minimum Gasteiger partial charge on any atom is -0.463 e. The standard InChI is InChI=1S/C15H26O4/c1-5-9-10-11-13(15(17)19-8-4)12(6-2)14(16)18-7-3/h5-11H2,1-4H3/b13-12-. The number of carbonyl (C=O) groups excluding carboxylic acids is 2. The summed E-state index contributed by atoms with van der Waals surface area (Å²) in [6.07, 6.45) is 4.04. The number of unbranched alkanes of at least 4 members (excludes halogenated alkanes) is 2. The molecule has 0 aromatic heterocycles.